The molecule has 2 aromatic rings. The Morgan fingerprint density at radius 2 is 2.06 bits per heavy atom. The highest BCUT2D eigenvalue weighted by molar-refractivity contribution is 7.16. The number of hydrogen-bond donors (Lipinski definition) is 1. The number of benzene rings is 1. The second-order valence-corrected chi connectivity index (χ2v) is 8.36. The van der Waals surface area contributed by atoms with Crippen LogP contribution in [0.1, 0.15) is 41.8 Å². The van der Waals surface area contributed by atoms with Crippen molar-refractivity contribution in [3.05, 3.63) is 45.8 Å². The first kappa shape index (κ1) is 23.3. The zero-order chi connectivity index (χ0) is 23.1. The number of nitrogens with zero attached hydrogens (tertiary/aromatic N) is 2. The Morgan fingerprint density at radius 1 is 1.28 bits per heavy atom. The number of carbonyl (C=O) groups excluding carboxylic acids is 3. The van der Waals surface area contributed by atoms with Crippen LogP contribution in [0.25, 0.3) is 0 Å². The van der Waals surface area contributed by atoms with Gasteiger partial charge in [0.2, 0.25) is 5.91 Å². The fourth-order valence-corrected chi connectivity index (χ4v) is 4.75. The number of thiophene rings is 1. The first-order valence-electron chi connectivity index (χ1n) is 10.4. The summed E-state index contributed by atoms with van der Waals surface area (Å²) < 4.78 is 10.4. The highest BCUT2D eigenvalue weighted by Crippen LogP contribution is 2.36. The second-order valence-electron chi connectivity index (χ2n) is 7.25. The number of nitriles is 1. The SMILES string of the molecule is CCOc1ccccc1CCC(=O)Nc1sc2c(c1C#N)CCN(C(=O)COC(C)=O)C2. The van der Waals surface area contributed by atoms with Crippen molar-refractivity contribution in [2.75, 3.05) is 25.1 Å². The number of aryl methyl sites for hydroxylation is 1. The van der Waals surface area contributed by atoms with Crippen LogP contribution in [-0.2, 0) is 38.5 Å². The van der Waals surface area contributed by atoms with Crippen LogP contribution in [0.5, 0.6) is 5.75 Å². The molecule has 1 N–H and O–H groups in total. The Morgan fingerprint density at radius 3 is 2.78 bits per heavy atom. The van der Waals surface area contributed by atoms with Crippen molar-refractivity contribution in [1.29, 1.82) is 5.26 Å². The zero-order valence-corrected chi connectivity index (χ0v) is 18.9. The lowest BCUT2D eigenvalue weighted by Crippen LogP contribution is -2.38. The molecule has 0 fully saturated rings. The number of ether oxygens (including phenoxy) is 2. The third-order valence-corrected chi connectivity index (χ3v) is 6.20. The van der Waals surface area contributed by atoms with E-state index in [1.165, 1.54) is 18.3 Å². The summed E-state index contributed by atoms with van der Waals surface area (Å²) >= 11 is 1.31. The Bertz CT molecular complexity index is 1060. The molecule has 168 valence electrons. The average molecular weight is 456 g/mol. The molecule has 3 rings (SSSR count). The molecular weight excluding hydrogens is 430 g/mol. The largest absolute Gasteiger partial charge is 0.494 e. The highest BCUT2D eigenvalue weighted by Gasteiger charge is 2.27. The molecule has 0 aliphatic carbocycles. The van der Waals surface area contributed by atoms with Crippen LogP contribution in [0.4, 0.5) is 5.00 Å². The van der Waals surface area contributed by atoms with E-state index in [0.717, 1.165) is 21.8 Å². The number of amides is 2. The predicted octanol–water partition coefficient (Wildman–Crippen LogP) is 3.04. The van der Waals surface area contributed by atoms with Crippen LogP contribution in [0.3, 0.4) is 0 Å². The summed E-state index contributed by atoms with van der Waals surface area (Å²) in [6.45, 7) is 4.18. The molecule has 0 bridgehead atoms. The third-order valence-electron chi connectivity index (χ3n) is 5.07. The van der Waals surface area contributed by atoms with Crippen LogP contribution in [0, 0.1) is 11.3 Å². The smallest absolute Gasteiger partial charge is 0.303 e. The number of para-hydroxylation sites is 1. The molecule has 1 aromatic carbocycles. The molecule has 0 saturated carbocycles. The summed E-state index contributed by atoms with van der Waals surface area (Å²) in [5, 5.41) is 13.0. The Kier molecular flexibility index (Phi) is 7.84. The van der Waals surface area contributed by atoms with Gasteiger partial charge in [-0.15, -0.1) is 11.3 Å². The minimum absolute atomic E-state index is 0.186. The minimum Gasteiger partial charge on any atom is -0.494 e. The standard InChI is InChI=1S/C23H25N3O5S/c1-3-30-19-7-5-4-6-16(19)8-9-21(28)25-23-18(12-24)17-10-11-26(13-20(17)32-23)22(29)14-31-15(2)27/h4-7H,3,8-11,13-14H2,1-2H3,(H,25,28). The molecule has 2 heterocycles. The monoisotopic (exact) mass is 455 g/mol. The fourth-order valence-electron chi connectivity index (χ4n) is 3.52. The maximum absolute atomic E-state index is 12.6. The molecule has 0 radical (unpaired) electrons. The van der Waals surface area contributed by atoms with E-state index >= 15 is 0 Å². The molecule has 1 aromatic heterocycles. The maximum atomic E-state index is 12.6. The normalized spacial score (nSPS) is 12.5. The van der Waals surface area contributed by atoms with E-state index in [9.17, 15) is 19.6 Å². The van der Waals surface area contributed by atoms with E-state index in [1.807, 2.05) is 31.2 Å². The van der Waals surface area contributed by atoms with Crippen LogP contribution >= 0.6 is 11.3 Å². The van der Waals surface area contributed by atoms with Crippen molar-refractivity contribution in [2.24, 2.45) is 0 Å². The van der Waals surface area contributed by atoms with E-state index in [-0.39, 0.29) is 24.8 Å². The van der Waals surface area contributed by atoms with E-state index in [0.29, 0.717) is 43.1 Å². The molecule has 0 saturated heterocycles. The summed E-state index contributed by atoms with van der Waals surface area (Å²) in [6.07, 6.45) is 1.29. The lowest BCUT2D eigenvalue weighted by molar-refractivity contribution is -0.150. The first-order chi connectivity index (χ1) is 15.4. The van der Waals surface area contributed by atoms with Crippen LogP contribution in [0.2, 0.25) is 0 Å². The van der Waals surface area contributed by atoms with E-state index < -0.39 is 5.97 Å². The highest BCUT2D eigenvalue weighted by atomic mass is 32.1. The molecule has 1 aliphatic rings. The summed E-state index contributed by atoms with van der Waals surface area (Å²) in [6, 6.07) is 9.81. The fraction of sp³-hybridized carbons (Fsp3) is 0.391. The number of carbonyl (C=O) groups is 3. The van der Waals surface area contributed by atoms with E-state index in [2.05, 4.69) is 11.4 Å². The van der Waals surface area contributed by atoms with Gasteiger partial charge in [-0.3, -0.25) is 14.4 Å². The zero-order valence-electron chi connectivity index (χ0n) is 18.1. The van der Waals surface area contributed by atoms with Gasteiger partial charge in [-0.2, -0.15) is 5.26 Å². The van der Waals surface area contributed by atoms with Gasteiger partial charge >= 0.3 is 5.97 Å². The third kappa shape index (κ3) is 5.65. The van der Waals surface area contributed by atoms with Gasteiger partial charge in [-0.05, 0) is 37.0 Å². The van der Waals surface area contributed by atoms with Crippen LogP contribution in [-0.4, -0.2) is 42.4 Å². The summed E-state index contributed by atoms with van der Waals surface area (Å²) in [4.78, 5) is 38.2. The molecule has 0 atom stereocenters. The lowest BCUT2D eigenvalue weighted by atomic mass is 10.0. The number of rotatable bonds is 8. The Hall–Kier alpha value is -3.38. The number of anilines is 1. The van der Waals surface area contributed by atoms with Gasteiger partial charge in [-0.1, -0.05) is 18.2 Å². The molecular formula is C23H25N3O5S. The lowest BCUT2D eigenvalue weighted by Gasteiger charge is -2.26. The number of fused-ring (bicyclic) bond motifs is 1. The Labute approximate surface area is 190 Å². The number of hydrogen-bond acceptors (Lipinski definition) is 7. The van der Waals surface area contributed by atoms with Gasteiger partial charge in [0.05, 0.1) is 18.7 Å². The van der Waals surface area contributed by atoms with Gasteiger partial charge in [0.15, 0.2) is 6.61 Å². The first-order valence-corrected chi connectivity index (χ1v) is 11.2. The molecule has 32 heavy (non-hydrogen) atoms. The average Bonchev–Trinajstić information content (AvgIpc) is 3.12. The summed E-state index contributed by atoms with van der Waals surface area (Å²) in [5.74, 6) is -0.205. The van der Waals surface area contributed by atoms with Crippen molar-refractivity contribution in [2.45, 2.75) is 39.7 Å². The van der Waals surface area contributed by atoms with Crippen molar-refractivity contribution in [3.63, 3.8) is 0 Å². The van der Waals surface area contributed by atoms with Gasteiger partial charge in [0.1, 0.15) is 16.8 Å². The molecule has 9 heteroatoms. The Balaban J connectivity index is 1.65. The van der Waals surface area contributed by atoms with Gasteiger partial charge in [0, 0.05) is 24.8 Å². The molecule has 8 nitrogen and oxygen atoms in total. The topological polar surface area (TPSA) is 109 Å². The van der Waals surface area contributed by atoms with Gasteiger partial charge in [-0.25, -0.2) is 0 Å². The molecule has 0 unspecified atom stereocenters. The summed E-state index contributed by atoms with van der Waals surface area (Å²) in [5.41, 5.74) is 2.28. The van der Waals surface area contributed by atoms with Gasteiger partial charge in [0.25, 0.3) is 5.91 Å². The van der Waals surface area contributed by atoms with Gasteiger partial charge < -0.3 is 19.7 Å². The molecule has 2 amide bonds. The van der Waals surface area contributed by atoms with Crippen LogP contribution < -0.4 is 10.1 Å². The van der Waals surface area contributed by atoms with Crippen LogP contribution in [0.15, 0.2) is 24.3 Å². The van der Waals surface area contributed by atoms with E-state index in [1.54, 1.807) is 4.90 Å². The number of esters is 1. The maximum Gasteiger partial charge on any atom is 0.303 e. The predicted molar refractivity (Wildman–Crippen MR) is 119 cm³/mol. The molecule has 0 spiro atoms. The van der Waals surface area contributed by atoms with Crippen molar-refractivity contribution in [3.8, 4) is 11.8 Å². The molecule has 1 aliphatic heterocycles. The van der Waals surface area contributed by atoms with Crippen molar-refractivity contribution >= 4 is 34.1 Å². The van der Waals surface area contributed by atoms with Crippen molar-refractivity contribution < 1.29 is 23.9 Å². The summed E-state index contributed by atoms with van der Waals surface area (Å²) in [7, 11) is 0. The van der Waals surface area contributed by atoms with E-state index in [4.69, 9.17) is 9.47 Å². The second kappa shape index (κ2) is 10.8. The number of nitrogens with one attached hydrogen (secondary N) is 1. The quantitative estimate of drug-likeness (QED) is 0.613. The van der Waals surface area contributed by atoms with Crippen molar-refractivity contribution in [1.82, 2.24) is 4.90 Å². The minimum atomic E-state index is -0.507.